The molecule has 0 aliphatic heterocycles. The standard InChI is InChI=1S/C26H20F3N5O/c1-2-21(34-24(26(27,28)29)15-23(33-34)19-8-5-13-31-16-19)11-12-22(30)25(35)32-20-10-9-17-6-3-4-7-18(17)14-20/h2-16H,1,30H2,(H,32,35)/b21-11+,22-12-. The third-order valence-electron chi connectivity index (χ3n) is 5.11. The van der Waals surface area contributed by atoms with Gasteiger partial charge in [0.2, 0.25) is 0 Å². The maximum atomic E-state index is 13.7. The summed E-state index contributed by atoms with van der Waals surface area (Å²) in [6.07, 6.45) is 1.89. The number of carbonyl (C=O) groups is 1. The minimum absolute atomic E-state index is 0.0195. The summed E-state index contributed by atoms with van der Waals surface area (Å²) in [6.45, 7) is 3.58. The van der Waals surface area contributed by atoms with Crippen LogP contribution in [0.3, 0.4) is 0 Å². The van der Waals surface area contributed by atoms with Gasteiger partial charge in [0.25, 0.3) is 5.91 Å². The van der Waals surface area contributed by atoms with Gasteiger partial charge in [-0.25, -0.2) is 4.68 Å². The maximum Gasteiger partial charge on any atom is 0.433 e. The van der Waals surface area contributed by atoms with Crippen LogP contribution < -0.4 is 11.1 Å². The normalized spacial score (nSPS) is 12.5. The van der Waals surface area contributed by atoms with Crippen LogP contribution in [0.1, 0.15) is 5.69 Å². The molecule has 0 atom stereocenters. The van der Waals surface area contributed by atoms with Gasteiger partial charge in [-0.3, -0.25) is 9.78 Å². The lowest BCUT2D eigenvalue weighted by Gasteiger charge is -2.10. The van der Waals surface area contributed by atoms with E-state index in [1.165, 1.54) is 30.6 Å². The number of allylic oxidation sites excluding steroid dienone is 4. The second-order valence-corrected chi connectivity index (χ2v) is 7.50. The summed E-state index contributed by atoms with van der Waals surface area (Å²) in [6, 6.07) is 17.2. The molecular weight excluding hydrogens is 455 g/mol. The predicted molar refractivity (Wildman–Crippen MR) is 130 cm³/mol. The molecule has 6 nitrogen and oxygen atoms in total. The summed E-state index contributed by atoms with van der Waals surface area (Å²) in [7, 11) is 0. The molecule has 0 bridgehead atoms. The minimum Gasteiger partial charge on any atom is -0.394 e. The van der Waals surface area contributed by atoms with Crippen molar-refractivity contribution in [2.45, 2.75) is 6.18 Å². The number of benzene rings is 2. The Hall–Kier alpha value is -4.66. The Morgan fingerprint density at radius 1 is 1.03 bits per heavy atom. The molecule has 0 aliphatic carbocycles. The van der Waals surface area contributed by atoms with Crippen LogP contribution in [0.25, 0.3) is 27.7 Å². The zero-order valence-electron chi connectivity index (χ0n) is 18.3. The van der Waals surface area contributed by atoms with Crippen LogP contribution in [0.4, 0.5) is 18.9 Å². The number of carbonyl (C=O) groups excluding carboxylic acids is 1. The minimum atomic E-state index is -4.68. The van der Waals surface area contributed by atoms with E-state index in [2.05, 4.69) is 22.0 Å². The van der Waals surface area contributed by atoms with E-state index in [-0.39, 0.29) is 17.1 Å². The molecule has 2 aromatic heterocycles. The number of aromatic nitrogens is 3. The molecule has 1 amide bonds. The fraction of sp³-hybridized carbons (Fsp3) is 0.0385. The van der Waals surface area contributed by atoms with Crippen molar-refractivity contribution in [1.29, 1.82) is 0 Å². The third-order valence-corrected chi connectivity index (χ3v) is 5.11. The fourth-order valence-electron chi connectivity index (χ4n) is 3.38. The molecule has 0 fully saturated rings. The summed E-state index contributed by atoms with van der Waals surface area (Å²) in [5.41, 5.74) is 5.70. The molecular formula is C26H20F3N5O. The number of rotatable bonds is 6. The number of hydrogen-bond acceptors (Lipinski definition) is 4. The van der Waals surface area contributed by atoms with Gasteiger partial charge in [0.15, 0.2) is 0 Å². The number of amides is 1. The SMILES string of the molecule is C=C/C(=C\C=C(/N)C(=O)Nc1ccc2ccccc2c1)n1nc(-c2cccnc2)cc1C(F)(F)F. The van der Waals surface area contributed by atoms with E-state index in [0.717, 1.165) is 16.8 Å². The molecule has 4 rings (SSSR count). The highest BCUT2D eigenvalue weighted by molar-refractivity contribution is 6.04. The van der Waals surface area contributed by atoms with E-state index in [1.54, 1.807) is 24.3 Å². The predicted octanol–water partition coefficient (Wildman–Crippen LogP) is 5.63. The second kappa shape index (κ2) is 9.68. The largest absolute Gasteiger partial charge is 0.433 e. The monoisotopic (exact) mass is 475 g/mol. The zero-order chi connectivity index (χ0) is 25.0. The molecule has 0 spiro atoms. The molecule has 0 saturated carbocycles. The van der Waals surface area contributed by atoms with E-state index < -0.39 is 17.8 Å². The fourth-order valence-corrected chi connectivity index (χ4v) is 3.38. The van der Waals surface area contributed by atoms with Crippen molar-refractivity contribution in [3.63, 3.8) is 0 Å². The summed E-state index contributed by atoms with van der Waals surface area (Å²) in [4.78, 5) is 16.5. The van der Waals surface area contributed by atoms with Crippen LogP contribution in [0.15, 0.2) is 104 Å². The lowest BCUT2D eigenvalue weighted by Crippen LogP contribution is -2.20. The molecule has 0 saturated heterocycles. The number of hydrogen-bond donors (Lipinski definition) is 2. The number of alkyl halides is 3. The van der Waals surface area contributed by atoms with Crippen molar-refractivity contribution in [2.75, 3.05) is 5.32 Å². The summed E-state index contributed by atoms with van der Waals surface area (Å²) < 4.78 is 41.8. The third kappa shape index (κ3) is 5.30. The number of pyridine rings is 1. The maximum absolute atomic E-state index is 13.7. The number of anilines is 1. The molecule has 9 heteroatoms. The van der Waals surface area contributed by atoms with Gasteiger partial charge in [0.1, 0.15) is 5.69 Å². The van der Waals surface area contributed by atoms with Gasteiger partial charge in [0.05, 0.1) is 17.1 Å². The van der Waals surface area contributed by atoms with E-state index in [9.17, 15) is 18.0 Å². The van der Waals surface area contributed by atoms with Crippen LogP contribution >= 0.6 is 0 Å². The zero-order valence-corrected chi connectivity index (χ0v) is 18.3. The first-order chi connectivity index (χ1) is 16.8. The van der Waals surface area contributed by atoms with E-state index in [1.807, 2.05) is 30.3 Å². The lowest BCUT2D eigenvalue weighted by molar-refractivity contribution is -0.142. The summed E-state index contributed by atoms with van der Waals surface area (Å²) in [5.74, 6) is -0.604. The molecule has 176 valence electrons. The van der Waals surface area contributed by atoms with Gasteiger partial charge >= 0.3 is 6.18 Å². The van der Waals surface area contributed by atoms with Crippen LogP contribution in [0, 0.1) is 0 Å². The first kappa shape index (κ1) is 23.5. The van der Waals surface area contributed by atoms with Crippen molar-refractivity contribution in [2.24, 2.45) is 5.73 Å². The molecule has 4 aromatic rings. The van der Waals surface area contributed by atoms with Crippen molar-refractivity contribution in [3.05, 3.63) is 109 Å². The Morgan fingerprint density at radius 2 is 1.80 bits per heavy atom. The van der Waals surface area contributed by atoms with E-state index >= 15 is 0 Å². The molecule has 2 aromatic carbocycles. The van der Waals surface area contributed by atoms with Gasteiger partial charge in [-0.2, -0.15) is 18.3 Å². The topological polar surface area (TPSA) is 85.8 Å². The number of nitrogens with one attached hydrogen (secondary N) is 1. The van der Waals surface area contributed by atoms with Crippen LogP contribution in [0.5, 0.6) is 0 Å². The number of halogens is 3. The number of fused-ring (bicyclic) bond motifs is 1. The first-order valence-corrected chi connectivity index (χ1v) is 10.4. The van der Waals surface area contributed by atoms with E-state index in [0.29, 0.717) is 15.9 Å². The average Bonchev–Trinajstić information content (AvgIpc) is 3.31. The first-order valence-electron chi connectivity index (χ1n) is 10.4. The Balaban J connectivity index is 1.62. The summed E-state index contributed by atoms with van der Waals surface area (Å²) >= 11 is 0. The van der Waals surface area contributed by atoms with E-state index in [4.69, 9.17) is 5.73 Å². The smallest absolute Gasteiger partial charge is 0.394 e. The van der Waals surface area contributed by atoms with Gasteiger partial charge in [0, 0.05) is 23.6 Å². The van der Waals surface area contributed by atoms with Crippen molar-refractivity contribution in [3.8, 4) is 11.3 Å². The average molecular weight is 475 g/mol. The van der Waals surface area contributed by atoms with Gasteiger partial charge < -0.3 is 11.1 Å². The van der Waals surface area contributed by atoms with Crippen molar-refractivity contribution < 1.29 is 18.0 Å². The molecule has 0 unspecified atom stereocenters. The van der Waals surface area contributed by atoms with Crippen molar-refractivity contribution in [1.82, 2.24) is 14.8 Å². The number of nitrogens with zero attached hydrogens (tertiary/aromatic N) is 3. The molecule has 3 N–H and O–H groups in total. The van der Waals surface area contributed by atoms with Crippen LogP contribution in [-0.2, 0) is 11.0 Å². The summed E-state index contributed by atoms with van der Waals surface area (Å²) in [5, 5.41) is 8.71. The highest BCUT2D eigenvalue weighted by Gasteiger charge is 2.36. The Morgan fingerprint density at radius 3 is 2.49 bits per heavy atom. The quantitative estimate of drug-likeness (QED) is 0.280. The lowest BCUT2D eigenvalue weighted by atomic mass is 10.1. The second-order valence-electron chi connectivity index (χ2n) is 7.50. The van der Waals surface area contributed by atoms with Gasteiger partial charge in [-0.15, -0.1) is 0 Å². The van der Waals surface area contributed by atoms with Gasteiger partial charge in [-0.05, 0) is 59.3 Å². The highest BCUT2D eigenvalue weighted by atomic mass is 19.4. The molecule has 0 radical (unpaired) electrons. The Kier molecular flexibility index (Phi) is 6.50. The highest BCUT2D eigenvalue weighted by Crippen LogP contribution is 2.34. The Bertz CT molecular complexity index is 1450. The Labute approximate surface area is 198 Å². The van der Waals surface area contributed by atoms with Crippen molar-refractivity contribution >= 4 is 28.1 Å². The van der Waals surface area contributed by atoms with Crippen LogP contribution in [0.2, 0.25) is 0 Å². The molecule has 0 aliphatic rings. The van der Waals surface area contributed by atoms with Crippen LogP contribution in [-0.4, -0.2) is 20.7 Å². The molecule has 2 heterocycles. The number of nitrogens with two attached hydrogens (primary N) is 1. The molecule has 35 heavy (non-hydrogen) atoms. The van der Waals surface area contributed by atoms with Gasteiger partial charge in [-0.1, -0.05) is 36.9 Å².